The van der Waals surface area contributed by atoms with E-state index in [1.165, 1.54) is 0 Å². The number of halogens is 1. The molecule has 8 nitrogen and oxygen atoms in total. The van der Waals surface area contributed by atoms with Crippen molar-refractivity contribution < 1.29 is 9.59 Å². The van der Waals surface area contributed by atoms with E-state index in [1.807, 2.05) is 12.3 Å². The molecule has 10 heteroatoms. The highest BCUT2D eigenvalue weighted by Gasteiger charge is 2.22. The fourth-order valence-electron chi connectivity index (χ4n) is 2.64. The van der Waals surface area contributed by atoms with Crippen molar-refractivity contribution in [1.82, 2.24) is 25.9 Å². The number of tetrazole rings is 1. The van der Waals surface area contributed by atoms with Gasteiger partial charge in [0, 0.05) is 11.3 Å². The summed E-state index contributed by atoms with van der Waals surface area (Å²) >= 11 is 7.69. The van der Waals surface area contributed by atoms with Gasteiger partial charge in [0.05, 0.1) is 10.6 Å². The molecule has 2 amide bonds. The molecule has 0 saturated carbocycles. The van der Waals surface area contributed by atoms with Crippen LogP contribution in [0.3, 0.4) is 0 Å². The third-order valence-corrected chi connectivity index (χ3v) is 5.06. The van der Waals surface area contributed by atoms with Crippen LogP contribution in [-0.4, -0.2) is 50.5 Å². The fraction of sp³-hybridized carbons (Fsp3) is 0.211. The van der Waals surface area contributed by atoms with Gasteiger partial charge in [-0.05, 0) is 47.9 Å². The molecule has 1 aromatic heterocycles. The number of aromatic amines is 1. The summed E-state index contributed by atoms with van der Waals surface area (Å²) in [5.41, 5.74) is 1.60. The molecule has 3 rings (SSSR count). The van der Waals surface area contributed by atoms with Crippen molar-refractivity contribution in [3.63, 3.8) is 0 Å². The molecule has 0 spiro atoms. The molecule has 150 valence electrons. The predicted molar refractivity (Wildman–Crippen MR) is 114 cm³/mol. The Hall–Kier alpha value is -2.91. The second-order valence-corrected chi connectivity index (χ2v) is 7.49. The molecule has 0 fully saturated rings. The van der Waals surface area contributed by atoms with Crippen molar-refractivity contribution in [2.45, 2.75) is 12.5 Å². The average molecular weight is 431 g/mol. The minimum absolute atomic E-state index is 0.315. The van der Waals surface area contributed by atoms with Crippen LogP contribution in [0.25, 0.3) is 11.4 Å². The molecule has 0 aliphatic heterocycles. The van der Waals surface area contributed by atoms with E-state index in [2.05, 4.69) is 31.3 Å². The van der Waals surface area contributed by atoms with Gasteiger partial charge in [0.25, 0.3) is 5.91 Å². The molecule has 0 bridgehead atoms. The zero-order valence-corrected chi connectivity index (χ0v) is 17.1. The van der Waals surface area contributed by atoms with Gasteiger partial charge in [0.15, 0.2) is 0 Å². The largest absolute Gasteiger partial charge is 0.340 e. The monoisotopic (exact) mass is 430 g/mol. The number of carbonyl (C=O) groups is 2. The highest BCUT2D eigenvalue weighted by atomic mass is 35.5. The van der Waals surface area contributed by atoms with Gasteiger partial charge >= 0.3 is 0 Å². The summed E-state index contributed by atoms with van der Waals surface area (Å²) in [6, 6.07) is 13.1. The maximum Gasteiger partial charge on any atom is 0.253 e. The minimum atomic E-state index is -0.708. The van der Waals surface area contributed by atoms with Crippen molar-refractivity contribution in [2.24, 2.45) is 0 Å². The summed E-state index contributed by atoms with van der Waals surface area (Å²) < 4.78 is 0. The zero-order valence-electron chi connectivity index (χ0n) is 15.6. The van der Waals surface area contributed by atoms with Crippen LogP contribution in [0, 0.1) is 0 Å². The molecule has 3 N–H and O–H groups in total. The van der Waals surface area contributed by atoms with Gasteiger partial charge in [-0.15, -0.1) is 10.2 Å². The number of nitrogens with one attached hydrogen (secondary N) is 3. The number of rotatable bonds is 8. The highest BCUT2D eigenvalue weighted by molar-refractivity contribution is 7.98. The van der Waals surface area contributed by atoms with Gasteiger partial charge in [0.2, 0.25) is 11.7 Å². The molecular weight excluding hydrogens is 412 g/mol. The maximum absolute atomic E-state index is 12.9. The predicted octanol–water partition coefficient (Wildman–Crippen LogP) is 3.01. The van der Waals surface area contributed by atoms with Gasteiger partial charge in [-0.2, -0.15) is 17.0 Å². The van der Waals surface area contributed by atoms with Crippen LogP contribution in [0.1, 0.15) is 16.8 Å². The lowest BCUT2D eigenvalue weighted by molar-refractivity contribution is -0.118. The molecule has 0 aliphatic carbocycles. The van der Waals surface area contributed by atoms with Crippen LogP contribution in [0.15, 0.2) is 48.5 Å². The Morgan fingerprint density at radius 1 is 1.21 bits per heavy atom. The molecule has 1 heterocycles. The Balaban J connectivity index is 1.73. The quantitative estimate of drug-likeness (QED) is 0.506. The van der Waals surface area contributed by atoms with E-state index in [1.54, 1.807) is 54.2 Å². The topological polar surface area (TPSA) is 113 Å². The molecule has 0 radical (unpaired) electrons. The van der Waals surface area contributed by atoms with Gasteiger partial charge in [0.1, 0.15) is 6.04 Å². The van der Waals surface area contributed by atoms with Gasteiger partial charge in [-0.25, -0.2) is 0 Å². The number of hydrogen-bond donors (Lipinski definition) is 3. The average Bonchev–Trinajstić information content (AvgIpc) is 3.26. The van der Waals surface area contributed by atoms with E-state index >= 15 is 0 Å². The lowest BCUT2D eigenvalue weighted by atomic mass is 10.1. The Labute approximate surface area is 176 Å². The van der Waals surface area contributed by atoms with E-state index < -0.39 is 11.9 Å². The van der Waals surface area contributed by atoms with Crippen molar-refractivity contribution in [3.05, 3.63) is 59.1 Å². The van der Waals surface area contributed by atoms with Gasteiger partial charge < -0.3 is 10.6 Å². The van der Waals surface area contributed by atoms with E-state index in [0.717, 1.165) is 0 Å². The first-order valence-corrected chi connectivity index (χ1v) is 10.5. The van der Waals surface area contributed by atoms with Crippen molar-refractivity contribution in [2.75, 3.05) is 17.3 Å². The minimum Gasteiger partial charge on any atom is -0.340 e. The normalized spacial score (nSPS) is 11.7. The molecule has 0 saturated heterocycles. The summed E-state index contributed by atoms with van der Waals surface area (Å²) in [6.07, 6.45) is 2.42. The highest BCUT2D eigenvalue weighted by Crippen LogP contribution is 2.19. The summed E-state index contributed by atoms with van der Waals surface area (Å²) in [5.74, 6) is 0.429. The van der Waals surface area contributed by atoms with Crippen LogP contribution in [0.5, 0.6) is 0 Å². The van der Waals surface area contributed by atoms with E-state index in [0.29, 0.717) is 39.8 Å². The van der Waals surface area contributed by atoms with Crippen LogP contribution in [0.4, 0.5) is 5.69 Å². The number of thioether (sulfide) groups is 1. The Kier molecular flexibility index (Phi) is 7.20. The van der Waals surface area contributed by atoms with Gasteiger partial charge in [-0.3, -0.25) is 9.59 Å². The molecule has 2 aromatic carbocycles. The third kappa shape index (κ3) is 5.55. The van der Waals surface area contributed by atoms with E-state index in [4.69, 9.17) is 11.6 Å². The number of hydrogen-bond acceptors (Lipinski definition) is 6. The first-order chi connectivity index (χ1) is 14.1. The Bertz CT molecular complexity index is 982. The fourth-order valence-corrected chi connectivity index (χ4v) is 3.33. The standard InChI is InChI=1S/C19H19ClN6O2S/c1-29-10-9-16(22-18(27)14-7-2-3-8-15(14)20)19(28)21-13-6-4-5-12(11-13)17-23-25-26-24-17/h2-8,11,16H,9-10H2,1H3,(H,21,28)(H,22,27)(H,23,24,25,26). The molecule has 29 heavy (non-hydrogen) atoms. The lowest BCUT2D eigenvalue weighted by Gasteiger charge is -2.19. The molecule has 0 aliphatic rings. The summed E-state index contributed by atoms with van der Waals surface area (Å²) in [4.78, 5) is 25.4. The number of anilines is 1. The third-order valence-electron chi connectivity index (χ3n) is 4.08. The van der Waals surface area contributed by atoms with Crippen LogP contribution < -0.4 is 10.6 Å². The van der Waals surface area contributed by atoms with Crippen LogP contribution >= 0.6 is 23.4 Å². The van der Waals surface area contributed by atoms with Crippen LogP contribution in [-0.2, 0) is 4.79 Å². The summed E-state index contributed by atoms with van der Waals surface area (Å²) in [5, 5.41) is 19.8. The first kappa shape index (κ1) is 20.8. The number of carbonyl (C=O) groups excluding carboxylic acids is 2. The number of H-pyrrole nitrogens is 1. The summed E-state index contributed by atoms with van der Waals surface area (Å²) in [7, 11) is 0. The number of amides is 2. The molecule has 3 aromatic rings. The van der Waals surface area contributed by atoms with E-state index in [-0.39, 0.29) is 5.91 Å². The molecule has 1 unspecified atom stereocenters. The number of benzene rings is 2. The van der Waals surface area contributed by atoms with Crippen molar-refractivity contribution in [1.29, 1.82) is 0 Å². The molecular formula is C19H19ClN6O2S. The van der Waals surface area contributed by atoms with Gasteiger partial charge in [-0.1, -0.05) is 35.9 Å². The van der Waals surface area contributed by atoms with Crippen LogP contribution in [0.2, 0.25) is 5.02 Å². The second kappa shape index (κ2) is 10.0. The zero-order chi connectivity index (χ0) is 20.6. The van der Waals surface area contributed by atoms with E-state index in [9.17, 15) is 9.59 Å². The Morgan fingerprint density at radius 3 is 2.76 bits per heavy atom. The summed E-state index contributed by atoms with van der Waals surface area (Å²) in [6.45, 7) is 0. The number of nitrogens with zero attached hydrogens (tertiary/aromatic N) is 3. The van der Waals surface area contributed by atoms with Crippen molar-refractivity contribution >= 4 is 40.9 Å². The Morgan fingerprint density at radius 2 is 2.03 bits per heavy atom. The number of aromatic nitrogens is 4. The first-order valence-electron chi connectivity index (χ1n) is 8.77. The molecule has 1 atom stereocenters. The lowest BCUT2D eigenvalue weighted by Crippen LogP contribution is -2.44. The second-order valence-electron chi connectivity index (χ2n) is 6.09. The smallest absolute Gasteiger partial charge is 0.253 e. The SMILES string of the molecule is CSCCC(NC(=O)c1ccccc1Cl)C(=O)Nc1cccc(-c2nn[nH]n2)c1. The maximum atomic E-state index is 12.9. The van der Waals surface area contributed by atoms with Crippen molar-refractivity contribution in [3.8, 4) is 11.4 Å².